The third-order valence-electron chi connectivity index (χ3n) is 4.16. The lowest BCUT2D eigenvalue weighted by Gasteiger charge is -2.35. The van der Waals surface area contributed by atoms with Gasteiger partial charge in [-0.3, -0.25) is 9.59 Å². The number of amides is 1. The first-order valence-corrected chi connectivity index (χ1v) is 6.52. The minimum atomic E-state index is -0.641. The minimum absolute atomic E-state index is 0.0110. The third-order valence-corrected chi connectivity index (χ3v) is 4.16. The Bertz CT molecular complexity index is 533. The van der Waals surface area contributed by atoms with E-state index in [1.54, 1.807) is 0 Å². The molecule has 0 aromatic rings. The van der Waals surface area contributed by atoms with E-state index in [1.807, 2.05) is 32.6 Å². The molecule has 2 saturated heterocycles. The summed E-state index contributed by atoms with van der Waals surface area (Å²) in [5.41, 5.74) is 0.281. The van der Waals surface area contributed by atoms with E-state index < -0.39 is 5.54 Å². The standard InChI is InChI=1S/C14H18N2O3/c1-7(2)5-11(18)15-10-6-9(17)14(4)13-12(19-13)8(3)16(10)14/h5-6,8,12-13H,1-4H3,(H,15,18)/t8-,12+,13+,14+/m0/s1. The Hall–Kier alpha value is -1.62. The molecule has 19 heavy (non-hydrogen) atoms. The summed E-state index contributed by atoms with van der Waals surface area (Å²) in [6.07, 6.45) is 3.12. The van der Waals surface area contributed by atoms with Crippen molar-refractivity contribution in [2.45, 2.75) is 51.5 Å². The van der Waals surface area contributed by atoms with Gasteiger partial charge in [-0.25, -0.2) is 0 Å². The fourth-order valence-electron chi connectivity index (χ4n) is 3.24. The van der Waals surface area contributed by atoms with Crippen molar-refractivity contribution >= 4 is 11.7 Å². The second-order valence-electron chi connectivity index (χ2n) is 5.88. The number of hydrogen-bond donors (Lipinski definition) is 1. The number of carbonyl (C=O) groups excluding carboxylic acids is 2. The van der Waals surface area contributed by atoms with E-state index >= 15 is 0 Å². The maximum absolute atomic E-state index is 12.2. The highest BCUT2D eigenvalue weighted by Gasteiger charge is 2.71. The van der Waals surface area contributed by atoms with Gasteiger partial charge in [0.25, 0.3) is 0 Å². The number of carbonyl (C=O) groups is 2. The SMILES string of the molecule is CC(C)=CC(=O)NC1=CC(=O)[C@]2(C)[C@@H]3O[C@@H]3[C@H](C)N12. The molecule has 0 bridgehead atoms. The molecule has 4 atom stereocenters. The minimum Gasteiger partial charge on any atom is -0.364 e. The van der Waals surface area contributed by atoms with Crippen molar-refractivity contribution in [2.75, 3.05) is 0 Å². The topological polar surface area (TPSA) is 61.9 Å². The van der Waals surface area contributed by atoms with Gasteiger partial charge in [-0.15, -0.1) is 0 Å². The summed E-state index contributed by atoms with van der Waals surface area (Å²) in [6, 6.07) is 0.111. The fourth-order valence-corrected chi connectivity index (χ4v) is 3.24. The zero-order valence-corrected chi connectivity index (χ0v) is 11.6. The van der Waals surface area contributed by atoms with Gasteiger partial charge in [0.15, 0.2) is 5.78 Å². The highest BCUT2D eigenvalue weighted by Crippen LogP contribution is 2.52. The largest absolute Gasteiger partial charge is 0.364 e. The molecule has 1 amide bonds. The number of ketones is 1. The molecule has 0 saturated carbocycles. The van der Waals surface area contributed by atoms with Gasteiger partial charge < -0.3 is 15.0 Å². The summed E-state index contributed by atoms with van der Waals surface area (Å²) in [6.45, 7) is 7.63. The van der Waals surface area contributed by atoms with Crippen LogP contribution in [0.5, 0.6) is 0 Å². The first-order chi connectivity index (χ1) is 8.85. The van der Waals surface area contributed by atoms with E-state index in [0.717, 1.165) is 5.57 Å². The Kier molecular flexibility index (Phi) is 2.41. The molecule has 3 heterocycles. The number of allylic oxidation sites excluding steroid dienone is 1. The van der Waals surface area contributed by atoms with Crippen molar-refractivity contribution in [3.63, 3.8) is 0 Å². The van der Waals surface area contributed by atoms with E-state index in [2.05, 4.69) is 5.32 Å². The van der Waals surface area contributed by atoms with Crippen LogP contribution in [-0.2, 0) is 14.3 Å². The van der Waals surface area contributed by atoms with E-state index in [-0.39, 0.29) is 29.9 Å². The van der Waals surface area contributed by atoms with Crippen molar-refractivity contribution in [3.8, 4) is 0 Å². The molecule has 0 radical (unpaired) electrons. The van der Waals surface area contributed by atoms with Crippen molar-refractivity contribution in [3.05, 3.63) is 23.5 Å². The number of fused-ring (bicyclic) bond motifs is 3. The van der Waals surface area contributed by atoms with Crippen LogP contribution in [0.4, 0.5) is 0 Å². The lowest BCUT2D eigenvalue weighted by molar-refractivity contribution is -0.124. The van der Waals surface area contributed by atoms with Crippen LogP contribution in [-0.4, -0.2) is 40.4 Å². The lowest BCUT2D eigenvalue weighted by Crippen LogP contribution is -2.51. The smallest absolute Gasteiger partial charge is 0.249 e. The van der Waals surface area contributed by atoms with E-state index in [4.69, 9.17) is 4.74 Å². The molecule has 0 aliphatic carbocycles. The molecule has 5 nitrogen and oxygen atoms in total. The predicted octanol–water partition coefficient (Wildman–Crippen LogP) is 0.723. The molecule has 1 N–H and O–H groups in total. The van der Waals surface area contributed by atoms with Crippen LogP contribution in [0.2, 0.25) is 0 Å². The number of hydrogen-bond acceptors (Lipinski definition) is 4. The molecule has 3 aliphatic heterocycles. The summed E-state index contributed by atoms with van der Waals surface area (Å²) in [5, 5.41) is 2.80. The van der Waals surface area contributed by atoms with Crippen LogP contribution in [0.3, 0.4) is 0 Å². The Balaban J connectivity index is 1.85. The van der Waals surface area contributed by atoms with Gasteiger partial charge in [-0.05, 0) is 27.7 Å². The molecule has 3 aliphatic rings. The van der Waals surface area contributed by atoms with Crippen LogP contribution < -0.4 is 5.32 Å². The fraction of sp³-hybridized carbons (Fsp3) is 0.571. The van der Waals surface area contributed by atoms with Gasteiger partial charge in [-0.2, -0.15) is 0 Å². The highest BCUT2D eigenvalue weighted by atomic mass is 16.6. The first kappa shape index (κ1) is 12.4. The summed E-state index contributed by atoms with van der Waals surface area (Å²) < 4.78 is 5.55. The summed E-state index contributed by atoms with van der Waals surface area (Å²) in [7, 11) is 0. The second-order valence-corrected chi connectivity index (χ2v) is 5.88. The van der Waals surface area contributed by atoms with Crippen LogP contribution in [0.1, 0.15) is 27.7 Å². The van der Waals surface area contributed by atoms with Gasteiger partial charge in [0, 0.05) is 12.2 Å². The van der Waals surface area contributed by atoms with Crippen LogP contribution in [0.15, 0.2) is 23.5 Å². The van der Waals surface area contributed by atoms with Gasteiger partial charge in [0.05, 0.1) is 6.04 Å². The normalized spacial score (nSPS) is 38.5. The zero-order valence-electron chi connectivity index (χ0n) is 11.6. The third kappa shape index (κ3) is 1.57. The lowest BCUT2D eigenvalue weighted by atomic mass is 9.95. The van der Waals surface area contributed by atoms with Crippen LogP contribution in [0.25, 0.3) is 0 Å². The second kappa shape index (κ2) is 3.70. The molecular weight excluding hydrogens is 244 g/mol. The number of epoxide rings is 1. The Morgan fingerprint density at radius 1 is 1.53 bits per heavy atom. The summed E-state index contributed by atoms with van der Waals surface area (Å²) in [4.78, 5) is 26.0. The Morgan fingerprint density at radius 2 is 2.21 bits per heavy atom. The molecule has 0 unspecified atom stereocenters. The molecule has 3 rings (SSSR count). The summed E-state index contributed by atoms with van der Waals surface area (Å²) in [5.74, 6) is 0.409. The molecule has 0 aromatic heterocycles. The molecule has 0 spiro atoms. The molecule has 2 fully saturated rings. The van der Waals surface area contributed by atoms with E-state index in [9.17, 15) is 9.59 Å². The maximum atomic E-state index is 12.2. The highest BCUT2D eigenvalue weighted by molar-refractivity contribution is 6.03. The predicted molar refractivity (Wildman–Crippen MR) is 69.0 cm³/mol. The van der Waals surface area contributed by atoms with Crippen LogP contribution in [0, 0.1) is 0 Å². The summed E-state index contributed by atoms with van der Waals surface area (Å²) >= 11 is 0. The number of morpholine rings is 1. The van der Waals surface area contributed by atoms with Gasteiger partial charge >= 0.3 is 0 Å². The van der Waals surface area contributed by atoms with Crippen molar-refractivity contribution in [1.82, 2.24) is 10.2 Å². The average Bonchev–Trinajstić information content (AvgIpc) is 2.98. The van der Waals surface area contributed by atoms with Gasteiger partial charge in [0.1, 0.15) is 23.6 Å². The Labute approximate surface area is 112 Å². The van der Waals surface area contributed by atoms with E-state index in [1.165, 1.54) is 12.2 Å². The van der Waals surface area contributed by atoms with Crippen molar-refractivity contribution in [2.24, 2.45) is 0 Å². The average molecular weight is 262 g/mol. The zero-order chi connectivity index (χ0) is 13.9. The Morgan fingerprint density at radius 3 is 2.84 bits per heavy atom. The monoisotopic (exact) mass is 262 g/mol. The first-order valence-electron chi connectivity index (χ1n) is 6.52. The number of rotatable bonds is 2. The van der Waals surface area contributed by atoms with Gasteiger partial charge in [-0.1, -0.05) is 5.57 Å². The number of ether oxygens (including phenoxy) is 1. The van der Waals surface area contributed by atoms with Crippen molar-refractivity contribution in [1.29, 1.82) is 0 Å². The quantitative estimate of drug-likeness (QED) is 0.588. The molecule has 102 valence electrons. The molecular formula is C14H18N2O3. The van der Waals surface area contributed by atoms with Gasteiger partial charge in [0.2, 0.25) is 5.91 Å². The number of nitrogens with one attached hydrogen (secondary N) is 1. The molecule has 0 aromatic carbocycles. The van der Waals surface area contributed by atoms with Crippen molar-refractivity contribution < 1.29 is 14.3 Å². The van der Waals surface area contributed by atoms with Crippen LogP contribution >= 0.6 is 0 Å². The number of nitrogens with zero attached hydrogens (tertiary/aromatic N) is 1. The molecule has 5 heteroatoms. The maximum Gasteiger partial charge on any atom is 0.249 e. The van der Waals surface area contributed by atoms with E-state index in [0.29, 0.717) is 5.82 Å².